The van der Waals surface area contributed by atoms with Gasteiger partial charge in [-0.15, -0.1) is 0 Å². The van der Waals surface area contributed by atoms with Gasteiger partial charge in [0.05, 0.1) is 34.2 Å². The molecule has 0 aliphatic carbocycles. The number of hydrogen-bond acceptors (Lipinski definition) is 3. The average molecular weight is 394 g/mol. The molecule has 0 N–H and O–H groups in total. The van der Waals surface area contributed by atoms with Crippen LogP contribution in [0.5, 0.6) is 0 Å². The molecule has 0 saturated heterocycles. The summed E-state index contributed by atoms with van der Waals surface area (Å²) < 4.78 is 66.8. The largest absolute Gasteiger partial charge is 0.416 e. The molecule has 2 aromatic rings. The summed E-state index contributed by atoms with van der Waals surface area (Å²) in [5.74, 6) is 0. The summed E-state index contributed by atoms with van der Waals surface area (Å²) in [7, 11) is -4.05. The molecule has 0 aromatic heterocycles. The Morgan fingerprint density at radius 3 is 2.37 bits per heavy atom. The van der Waals surface area contributed by atoms with E-state index in [0.717, 1.165) is 22.0 Å². The average Bonchev–Trinajstić information content (AvgIpc) is 2.86. The lowest BCUT2D eigenvalue weighted by atomic mass is 9.94. The number of sulfonamides is 1. The highest BCUT2D eigenvalue weighted by Crippen LogP contribution is 2.46. The van der Waals surface area contributed by atoms with Gasteiger partial charge in [0.25, 0.3) is 10.0 Å². The first-order chi connectivity index (χ1) is 12.5. The molecular formula is C19H17F3N2O2S. The highest BCUT2D eigenvalue weighted by molar-refractivity contribution is 7.93. The van der Waals surface area contributed by atoms with Crippen molar-refractivity contribution in [2.75, 3.05) is 4.31 Å². The van der Waals surface area contributed by atoms with E-state index in [1.165, 1.54) is 18.2 Å². The minimum Gasteiger partial charge on any atom is -0.259 e. The lowest BCUT2D eigenvalue weighted by Gasteiger charge is -2.34. The van der Waals surface area contributed by atoms with Gasteiger partial charge >= 0.3 is 6.18 Å². The standard InChI is InChI=1S/C19H17F3N2O2S/c1-13-3-6-16(7-4-13)27(25,26)24-17-8-5-15(19(20,21)22)11-14(17)12-18(24,2)9-10-23/h3-8,11H,9,12H2,1-2H3. The Hall–Kier alpha value is -2.53. The van der Waals surface area contributed by atoms with Crippen molar-refractivity contribution in [3.05, 3.63) is 59.2 Å². The maximum atomic E-state index is 13.3. The first kappa shape index (κ1) is 19.2. The Morgan fingerprint density at radius 2 is 1.81 bits per heavy atom. The third kappa shape index (κ3) is 3.28. The quantitative estimate of drug-likeness (QED) is 0.773. The van der Waals surface area contributed by atoms with Crippen LogP contribution in [-0.2, 0) is 22.6 Å². The van der Waals surface area contributed by atoms with Crippen LogP contribution in [-0.4, -0.2) is 14.0 Å². The van der Waals surface area contributed by atoms with Crippen molar-refractivity contribution in [3.8, 4) is 6.07 Å². The molecule has 0 saturated carbocycles. The number of nitriles is 1. The molecule has 2 aromatic carbocycles. The predicted octanol–water partition coefficient (Wildman–Crippen LogP) is 4.44. The van der Waals surface area contributed by atoms with Crippen LogP contribution in [0.1, 0.15) is 30.0 Å². The van der Waals surface area contributed by atoms with Crippen molar-refractivity contribution >= 4 is 15.7 Å². The fourth-order valence-electron chi connectivity index (χ4n) is 3.41. The van der Waals surface area contributed by atoms with Crippen molar-refractivity contribution in [1.82, 2.24) is 0 Å². The third-order valence-corrected chi connectivity index (χ3v) is 6.69. The van der Waals surface area contributed by atoms with Crippen LogP contribution in [0.25, 0.3) is 0 Å². The predicted molar refractivity (Wildman–Crippen MR) is 94.6 cm³/mol. The van der Waals surface area contributed by atoms with Gasteiger partial charge in [0.1, 0.15) is 0 Å². The normalized spacial score (nSPS) is 19.6. The number of benzene rings is 2. The molecule has 0 radical (unpaired) electrons. The lowest BCUT2D eigenvalue weighted by Crippen LogP contribution is -2.47. The van der Waals surface area contributed by atoms with E-state index in [2.05, 4.69) is 0 Å². The van der Waals surface area contributed by atoms with E-state index in [1.54, 1.807) is 19.1 Å². The van der Waals surface area contributed by atoms with Crippen LogP contribution < -0.4 is 4.31 Å². The topological polar surface area (TPSA) is 61.2 Å². The zero-order valence-corrected chi connectivity index (χ0v) is 15.5. The zero-order chi connectivity index (χ0) is 20.0. The molecule has 0 fully saturated rings. The minimum absolute atomic E-state index is 0.0324. The number of fused-ring (bicyclic) bond motifs is 1. The van der Waals surface area contributed by atoms with Crippen molar-refractivity contribution in [1.29, 1.82) is 5.26 Å². The van der Waals surface area contributed by atoms with Gasteiger partial charge in [-0.1, -0.05) is 17.7 Å². The van der Waals surface area contributed by atoms with E-state index in [4.69, 9.17) is 0 Å². The second-order valence-electron chi connectivity index (χ2n) is 6.93. The van der Waals surface area contributed by atoms with Crippen LogP contribution in [0.3, 0.4) is 0 Å². The van der Waals surface area contributed by atoms with Gasteiger partial charge in [-0.05, 0) is 56.2 Å². The third-order valence-electron chi connectivity index (χ3n) is 4.71. The summed E-state index contributed by atoms with van der Waals surface area (Å²) in [6, 6.07) is 11.2. The van der Waals surface area contributed by atoms with Crippen LogP contribution in [0.15, 0.2) is 47.4 Å². The number of alkyl halides is 3. The van der Waals surface area contributed by atoms with Gasteiger partial charge in [-0.25, -0.2) is 8.42 Å². The first-order valence-corrected chi connectivity index (χ1v) is 9.62. The highest BCUT2D eigenvalue weighted by atomic mass is 32.2. The van der Waals surface area contributed by atoms with Crippen molar-refractivity contribution in [2.45, 2.75) is 43.3 Å². The maximum Gasteiger partial charge on any atom is 0.416 e. The Kier molecular flexibility index (Phi) is 4.47. The van der Waals surface area contributed by atoms with Gasteiger partial charge in [0, 0.05) is 0 Å². The number of hydrogen-bond donors (Lipinski definition) is 0. The molecule has 1 heterocycles. The maximum absolute atomic E-state index is 13.3. The van der Waals surface area contributed by atoms with Gasteiger partial charge in [-0.2, -0.15) is 18.4 Å². The molecule has 3 rings (SSSR count). The molecule has 27 heavy (non-hydrogen) atoms. The SMILES string of the molecule is Cc1ccc(S(=O)(=O)N2c3ccc(C(F)(F)F)cc3CC2(C)CC#N)cc1. The molecular weight excluding hydrogens is 377 g/mol. The van der Waals surface area contributed by atoms with Crippen molar-refractivity contribution in [2.24, 2.45) is 0 Å². The lowest BCUT2D eigenvalue weighted by molar-refractivity contribution is -0.137. The summed E-state index contributed by atoms with van der Waals surface area (Å²) in [6.45, 7) is 3.40. The van der Waals surface area contributed by atoms with Gasteiger partial charge in [0.15, 0.2) is 0 Å². The second kappa shape index (κ2) is 6.27. The molecule has 1 aliphatic heterocycles. The van der Waals surface area contributed by atoms with Crippen molar-refractivity contribution in [3.63, 3.8) is 0 Å². The first-order valence-electron chi connectivity index (χ1n) is 8.18. The minimum atomic E-state index is -4.52. The molecule has 8 heteroatoms. The van der Waals surface area contributed by atoms with E-state index in [9.17, 15) is 26.9 Å². The highest BCUT2D eigenvalue weighted by Gasteiger charge is 2.47. The Labute approximate surface area is 155 Å². The fourth-order valence-corrected chi connectivity index (χ4v) is 5.25. The van der Waals surface area contributed by atoms with Crippen LogP contribution >= 0.6 is 0 Å². The summed E-state index contributed by atoms with van der Waals surface area (Å²) in [5, 5.41) is 9.19. The second-order valence-corrected chi connectivity index (χ2v) is 8.72. The number of halogens is 3. The van der Waals surface area contributed by atoms with Gasteiger partial charge < -0.3 is 0 Å². The number of aryl methyl sites for hydroxylation is 1. The van der Waals surface area contributed by atoms with E-state index in [1.807, 2.05) is 13.0 Å². The fraction of sp³-hybridized carbons (Fsp3) is 0.316. The summed E-state index contributed by atoms with van der Waals surface area (Å²) in [6.07, 6.45) is -4.64. The van der Waals surface area contributed by atoms with Crippen LogP contribution in [0, 0.1) is 18.3 Å². The van der Waals surface area contributed by atoms with Gasteiger partial charge in [-0.3, -0.25) is 4.31 Å². The molecule has 142 valence electrons. The molecule has 1 aliphatic rings. The molecule has 4 nitrogen and oxygen atoms in total. The number of rotatable bonds is 3. The zero-order valence-electron chi connectivity index (χ0n) is 14.7. The summed E-state index contributed by atoms with van der Waals surface area (Å²) >= 11 is 0. The van der Waals surface area contributed by atoms with E-state index in [0.29, 0.717) is 0 Å². The molecule has 0 amide bonds. The van der Waals surface area contributed by atoms with E-state index < -0.39 is 27.3 Å². The number of nitrogens with zero attached hydrogens (tertiary/aromatic N) is 2. The monoisotopic (exact) mass is 394 g/mol. The molecule has 1 unspecified atom stereocenters. The van der Waals surface area contributed by atoms with Gasteiger partial charge in [0.2, 0.25) is 0 Å². The van der Waals surface area contributed by atoms with Crippen LogP contribution in [0.2, 0.25) is 0 Å². The Bertz CT molecular complexity index is 1020. The Morgan fingerprint density at radius 1 is 1.19 bits per heavy atom. The van der Waals surface area contributed by atoms with Crippen LogP contribution in [0.4, 0.5) is 18.9 Å². The molecule has 0 spiro atoms. The molecule has 1 atom stereocenters. The summed E-state index contributed by atoms with van der Waals surface area (Å²) in [5.41, 5.74) is -0.675. The number of anilines is 1. The van der Waals surface area contributed by atoms with E-state index >= 15 is 0 Å². The Balaban J connectivity index is 2.18. The van der Waals surface area contributed by atoms with Crippen molar-refractivity contribution < 1.29 is 21.6 Å². The summed E-state index contributed by atoms with van der Waals surface area (Å²) in [4.78, 5) is 0.0324. The smallest absolute Gasteiger partial charge is 0.259 e. The van der Waals surface area contributed by atoms with E-state index in [-0.39, 0.29) is 29.0 Å². The molecule has 0 bridgehead atoms.